The molecule has 4 nitrogen and oxygen atoms in total. The molecule has 1 aliphatic carbocycles. The predicted molar refractivity (Wildman–Crippen MR) is 47.7 cm³/mol. The zero-order chi connectivity index (χ0) is 9.52. The first-order chi connectivity index (χ1) is 6.33. The Hall–Kier alpha value is -0.160. The largest absolute Gasteiger partial charge is 0.393 e. The van der Waals surface area contributed by atoms with E-state index >= 15 is 0 Å². The molecular formula is C9H18O4. The summed E-state index contributed by atoms with van der Waals surface area (Å²) in [5, 5.41) is 8.96. The van der Waals surface area contributed by atoms with Gasteiger partial charge in [-0.1, -0.05) is 0 Å². The van der Waals surface area contributed by atoms with E-state index in [1.165, 1.54) is 0 Å². The van der Waals surface area contributed by atoms with E-state index in [2.05, 4.69) is 0 Å². The second kappa shape index (κ2) is 6.32. The van der Waals surface area contributed by atoms with Gasteiger partial charge in [0.15, 0.2) is 0 Å². The summed E-state index contributed by atoms with van der Waals surface area (Å²) in [6.45, 7) is 2.46. The molecule has 0 unspecified atom stereocenters. The van der Waals surface area contributed by atoms with E-state index in [1.807, 2.05) is 0 Å². The topological polar surface area (TPSA) is 47.9 Å². The van der Waals surface area contributed by atoms with Gasteiger partial charge in [0.2, 0.25) is 0 Å². The van der Waals surface area contributed by atoms with Gasteiger partial charge < -0.3 is 19.3 Å². The van der Waals surface area contributed by atoms with E-state index in [4.69, 9.17) is 19.3 Å². The quantitative estimate of drug-likeness (QED) is 0.582. The normalized spacial score (nSPS) is 27.2. The summed E-state index contributed by atoms with van der Waals surface area (Å²) in [7, 11) is 1.65. The number of methoxy groups -OCH3 is 1. The molecule has 0 saturated heterocycles. The molecule has 0 aromatic heterocycles. The summed E-state index contributed by atoms with van der Waals surface area (Å²) >= 11 is 0. The average molecular weight is 190 g/mol. The summed E-state index contributed by atoms with van der Waals surface area (Å²) in [6, 6.07) is 0. The summed E-state index contributed by atoms with van der Waals surface area (Å²) in [5.41, 5.74) is 0. The number of rotatable bonds is 7. The molecule has 1 saturated carbocycles. The van der Waals surface area contributed by atoms with Gasteiger partial charge in [-0.15, -0.1) is 0 Å². The van der Waals surface area contributed by atoms with Crippen LogP contribution in [0.1, 0.15) is 12.8 Å². The first-order valence-corrected chi connectivity index (χ1v) is 4.69. The summed E-state index contributed by atoms with van der Waals surface area (Å²) < 4.78 is 15.4. The highest BCUT2D eigenvalue weighted by Crippen LogP contribution is 2.22. The fourth-order valence-electron chi connectivity index (χ4n) is 1.19. The van der Waals surface area contributed by atoms with Crippen LogP contribution in [0.4, 0.5) is 0 Å². The molecule has 0 aliphatic heterocycles. The predicted octanol–water partition coefficient (Wildman–Crippen LogP) is 0.189. The highest BCUT2D eigenvalue weighted by atomic mass is 16.5. The van der Waals surface area contributed by atoms with Crippen molar-refractivity contribution < 1.29 is 19.3 Å². The molecule has 0 radical (unpaired) electrons. The van der Waals surface area contributed by atoms with E-state index in [0.717, 1.165) is 12.8 Å². The molecule has 0 atom stereocenters. The van der Waals surface area contributed by atoms with E-state index in [-0.39, 0.29) is 12.2 Å². The Balaban J connectivity index is 1.74. The van der Waals surface area contributed by atoms with Gasteiger partial charge in [0, 0.05) is 7.11 Å². The number of aliphatic hydroxyl groups excluding tert-OH is 1. The summed E-state index contributed by atoms with van der Waals surface area (Å²) in [5.74, 6) is 0. The maximum Gasteiger partial charge on any atom is 0.0704 e. The second-order valence-corrected chi connectivity index (χ2v) is 3.22. The first-order valence-electron chi connectivity index (χ1n) is 4.69. The van der Waals surface area contributed by atoms with Gasteiger partial charge >= 0.3 is 0 Å². The molecule has 1 rings (SSSR count). The van der Waals surface area contributed by atoms with Gasteiger partial charge in [0.25, 0.3) is 0 Å². The van der Waals surface area contributed by atoms with Crippen molar-refractivity contribution >= 4 is 0 Å². The van der Waals surface area contributed by atoms with E-state index in [9.17, 15) is 0 Å². The zero-order valence-corrected chi connectivity index (χ0v) is 8.07. The van der Waals surface area contributed by atoms with Crippen LogP contribution in [0.5, 0.6) is 0 Å². The third kappa shape index (κ3) is 4.57. The summed E-state index contributed by atoms with van der Waals surface area (Å²) in [4.78, 5) is 0. The Labute approximate surface area is 78.8 Å². The highest BCUT2D eigenvalue weighted by molar-refractivity contribution is 4.78. The molecule has 0 bridgehead atoms. The van der Waals surface area contributed by atoms with Gasteiger partial charge in [-0.3, -0.25) is 0 Å². The van der Waals surface area contributed by atoms with Crippen LogP contribution in [0.3, 0.4) is 0 Å². The third-order valence-electron chi connectivity index (χ3n) is 2.08. The maximum absolute atomic E-state index is 8.96. The van der Waals surface area contributed by atoms with Crippen LogP contribution in [-0.4, -0.2) is 50.9 Å². The Morgan fingerprint density at radius 3 is 2.46 bits per heavy atom. The van der Waals surface area contributed by atoms with Gasteiger partial charge in [-0.05, 0) is 12.8 Å². The van der Waals surface area contributed by atoms with Crippen LogP contribution < -0.4 is 0 Å². The Bertz CT molecular complexity index is 123. The van der Waals surface area contributed by atoms with Crippen molar-refractivity contribution in [2.45, 2.75) is 25.0 Å². The van der Waals surface area contributed by atoms with Crippen LogP contribution in [0.15, 0.2) is 0 Å². The van der Waals surface area contributed by atoms with Crippen LogP contribution in [0.2, 0.25) is 0 Å². The van der Waals surface area contributed by atoms with Crippen molar-refractivity contribution in [1.82, 2.24) is 0 Å². The lowest BCUT2D eigenvalue weighted by molar-refractivity contribution is -0.0853. The number of hydrogen-bond donors (Lipinski definition) is 1. The molecule has 0 heterocycles. The molecule has 1 fully saturated rings. The molecular weight excluding hydrogens is 172 g/mol. The Kier molecular flexibility index (Phi) is 5.31. The molecule has 4 heteroatoms. The first kappa shape index (κ1) is 10.9. The second-order valence-electron chi connectivity index (χ2n) is 3.22. The third-order valence-corrected chi connectivity index (χ3v) is 2.08. The smallest absolute Gasteiger partial charge is 0.0704 e. The monoisotopic (exact) mass is 190 g/mol. The lowest BCUT2D eigenvalue weighted by atomic mass is 9.92. The number of aliphatic hydroxyl groups is 1. The molecule has 0 aromatic carbocycles. The molecule has 13 heavy (non-hydrogen) atoms. The molecule has 0 aromatic rings. The molecule has 78 valence electrons. The number of ether oxygens (including phenoxy) is 3. The van der Waals surface area contributed by atoms with Crippen LogP contribution in [0, 0.1) is 0 Å². The SMILES string of the molecule is COCCOCCOC1CC(O)C1. The molecule has 0 amide bonds. The van der Waals surface area contributed by atoms with E-state index in [1.54, 1.807) is 7.11 Å². The van der Waals surface area contributed by atoms with Crippen LogP contribution in [-0.2, 0) is 14.2 Å². The number of hydrogen-bond acceptors (Lipinski definition) is 4. The highest BCUT2D eigenvalue weighted by Gasteiger charge is 2.27. The van der Waals surface area contributed by atoms with Gasteiger partial charge in [-0.2, -0.15) is 0 Å². The Morgan fingerprint density at radius 1 is 1.15 bits per heavy atom. The lowest BCUT2D eigenvalue weighted by Gasteiger charge is -2.31. The van der Waals surface area contributed by atoms with Crippen molar-refractivity contribution in [3.8, 4) is 0 Å². The fraction of sp³-hybridized carbons (Fsp3) is 1.00. The van der Waals surface area contributed by atoms with Gasteiger partial charge in [-0.25, -0.2) is 0 Å². The van der Waals surface area contributed by atoms with Gasteiger partial charge in [0.1, 0.15) is 0 Å². The minimum atomic E-state index is -0.139. The molecule has 0 spiro atoms. The van der Waals surface area contributed by atoms with E-state index < -0.39 is 0 Å². The van der Waals surface area contributed by atoms with Crippen molar-refractivity contribution in [2.75, 3.05) is 33.5 Å². The van der Waals surface area contributed by atoms with Crippen molar-refractivity contribution in [2.24, 2.45) is 0 Å². The summed E-state index contributed by atoms with van der Waals surface area (Å²) in [6.07, 6.45) is 1.66. The Morgan fingerprint density at radius 2 is 1.85 bits per heavy atom. The van der Waals surface area contributed by atoms with E-state index in [0.29, 0.717) is 26.4 Å². The maximum atomic E-state index is 8.96. The standard InChI is InChI=1S/C9H18O4/c1-11-2-3-12-4-5-13-9-6-8(10)7-9/h8-10H,2-7H2,1H3. The molecule has 1 N–H and O–H groups in total. The van der Waals surface area contributed by atoms with Crippen molar-refractivity contribution in [3.05, 3.63) is 0 Å². The minimum absolute atomic E-state index is 0.139. The lowest BCUT2D eigenvalue weighted by Crippen LogP contribution is -2.36. The van der Waals surface area contributed by atoms with Crippen LogP contribution in [0.25, 0.3) is 0 Å². The zero-order valence-electron chi connectivity index (χ0n) is 8.07. The van der Waals surface area contributed by atoms with Crippen LogP contribution >= 0.6 is 0 Å². The minimum Gasteiger partial charge on any atom is -0.393 e. The fourth-order valence-corrected chi connectivity index (χ4v) is 1.19. The van der Waals surface area contributed by atoms with Crippen molar-refractivity contribution in [3.63, 3.8) is 0 Å². The van der Waals surface area contributed by atoms with Crippen molar-refractivity contribution in [1.29, 1.82) is 0 Å². The molecule has 1 aliphatic rings. The van der Waals surface area contributed by atoms with Gasteiger partial charge in [0.05, 0.1) is 38.6 Å². The average Bonchev–Trinajstić information content (AvgIpc) is 2.07.